The van der Waals surface area contributed by atoms with Crippen LogP contribution in [0, 0.1) is 19.8 Å². The van der Waals surface area contributed by atoms with E-state index in [0.29, 0.717) is 11.7 Å². The SMILES string of the molecule is CCC(C)Cc1nc(-c2cc(C)nc(C)n2)n[nH]1. The molecule has 18 heavy (non-hydrogen) atoms. The predicted octanol–water partition coefficient (Wildman–Crippen LogP) is 2.47. The number of aryl methyl sites for hydroxylation is 2. The number of rotatable bonds is 4. The summed E-state index contributed by atoms with van der Waals surface area (Å²) < 4.78 is 0. The van der Waals surface area contributed by atoms with Gasteiger partial charge >= 0.3 is 0 Å². The summed E-state index contributed by atoms with van der Waals surface area (Å²) in [5.41, 5.74) is 1.72. The quantitative estimate of drug-likeness (QED) is 0.898. The van der Waals surface area contributed by atoms with Crippen LogP contribution in [0.1, 0.15) is 37.6 Å². The summed E-state index contributed by atoms with van der Waals surface area (Å²) in [7, 11) is 0. The molecule has 0 saturated heterocycles. The highest BCUT2D eigenvalue weighted by Gasteiger charge is 2.10. The lowest BCUT2D eigenvalue weighted by Crippen LogP contribution is -1.99. The molecular formula is C13H19N5. The van der Waals surface area contributed by atoms with Gasteiger partial charge < -0.3 is 0 Å². The fraction of sp³-hybridized carbons (Fsp3) is 0.538. The van der Waals surface area contributed by atoms with E-state index in [9.17, 15) is 0 Å². The second-order valence-electron chi connectivity index (χ2n) is 4.77. The largest absolute Gasteiger partial charge is 0.263 e. The smallest absolute Gasteiger partial charge is 0.199 e. The highest BCUT2D eigenvalue weighted by Crippen LogP contribution is 2.15. The molecule has 2 aromatic rings. The summed E-state index contributed by atoms with van der Waals surface area (Å²) in [6.07, 6.45) is 2.06. The molecule has 1 atom stereocenters. The fourth-order valence-electron chi connectivity index (χ4n) is 1.81. The van der Waals surface area contributed by atoms with Crippen LogP contribution in [0.4, 0.5) is 0 Å². The first-order chi connectivity index (χ1) is 8.58. The molecule has 5 heteroatoms. The third-order valence-electron chi connectivity index (χ3n) is 2.97. The van der Waals surface area contributed by atoms with Gasteiger partial charge in [0.25, 0.3) is 0 Å². The molecule has 1 unspecified atom stereocenters. The molecule has 2 heterocycles. The van der Waals surface area contributed by atoms with Crippen LogP contribution in [0.2, 0.25) is 0 Å². The Morgan fingerprint density at radius 3 is 2.67 bits per heavy atom. The summed E-state index contributed by atoms with van der Waals surface area (Å²) >= 11 is 0. The lowest BCUT2D eigenvalue weighted by molar-refractivity contribution is 0.544. The summed E-state index contributed by atoms with van der Waals surface area (Å²) in [5.74, 6) is 2.94. The van der Waals surface area contributed by atoms with Gasteiger partial charge in [0.1, 0.15) is 17.3 Å². The van der Waals surface area contributed by atoms with Crippen molar-refractivity contribution >= 4 is 0 Å². The molecule has 0 aliphatic rings. The molecule has 96 valence electrons. The molecular weight excluding hydrogens is 226 g/mol. The van der Waals surface area contributed by atoms with Gasteiger partial charge in [0.05, 0.1) is 0 Å². The first kappa shape index (κ1) is 12.7. The standard InChI is InChI=1S/C13H19N5/c1-5-8(2)6-12-16-13(18-17-12)11-7-9(3)14-10(4)15-11/h7-8H,5-6H2,1-4H3,(H,16,17,18). The third kappa shape index (κ3) is 2.91. The molecule has 0 aliphatic heterocycles. The minimum absolute atomic E-state index is 0.611. The van der Waals surface area contributed by atoms with Gasteiger partial charge in [-0.25, -0.2) is 15.0 Å². The highest BCUT2D eigenvalue weighted by atomic mass is 15.2. The van der Waals surface area contributed by atoms with Crippen molar-refractivity contribution in [1.82, 2.24) is 25.1 Å². The van der Waals surface area contributed by atoms with Crippen LogP contribution in [-0.2, 0) is 6.42 Å². The molecule has 0 amide bonds. The van der Waals surface area contributed by atoms with E-state index in [1.807, 2.05) is 19.9 Å². The molecule has 0 radical (unpaired) electrons. The van der Waals surface area contributed by atoms with Gasteiger partial charge in [-0.3, -0.25) is 5.10 Å². The van der Waals surface area contributed by atoms with Crippen molar-refractivity contribution in [3.05, 3.63) is 23.4 Å². The topological polar surface area (TPSA) is 67.3 Å². The van der Waals surface area contributed by atoms with Crippen LogP contribution in [0.5, 0.6) is 0 Å². The van der Waals surface area contributed by atoms with Crippen LogP contribution < -0.4 is 0 Å². The first-order valence-electron chi connectivity index (χ1n) is 6.32. The molecule has 0 spiro atoms. The first-order valence-corrected chi connectivity index (χ1v) is 6.32. The molecule has 2 aromatic heterocycles. The maximum absolute atomic E-state index is 4.49. The van der Waals surface area contributed by atoms with E-state index in [1.54, 1.807) is 0 Å². The molecule has 0 aromatic carbocycles. The Hall–Kier alpha value is -1.78. The summed E-state index contributed by atoms with van der Waals surface area (Å²) in [6, 6.07) is 1.91. The van der Waals surface area contributed by atoms with Gasteiger partial charge in [-0.1, -0.05) is 20.3 Å². The van der Waals surface area contributed by atoms with Crippen molar-refractivity contribution < 1.29 is 0 Å². The maximum atomic E-state index is 4.49. The number of aromatic nitrogens is 5. The van der Waals surface area contributed by atoms with Crippen LogP contribution in [0.15, 0.2) is 6.07 Å². The maximum Gasteiger partial charge on any atom is 0.199 e. The minimum atomic E-state index is 0.611. The molecule has 0 bridgehead atoms. The van der Waals surface area contributed by atoms with Crippen molar-refractivity contribution in [2.45, 2.75) is 40.5 Å². The Kier molecular flexibility index (Phi) is 3.69. The second-order valence-corrected chi connectivity index (χ2v) is 4.77. The molecule has 0 fully saturated rings. The monoisotopic (exact) mass is 245 g/mol. The highest BCUT2D eigenvalue weighted by molar-refractivity contribution is 5.48. The Labute approximate surface area is 107 Å². The lowest BCUT2D eigenvalue weighted by Gasteiger charge is -2.03. The summed E-state index contributed by atoms with van der Waals surface area (Å²) in [4.78, 5) is 13.1. The normalized spacial score (nSPS) is 12.7. The molecule has 2 rings (SSSR count). The van der Waals surface area contributed by atoms with Crippen LogP contribution >= 0.6 is 0 Å². The Bertz CT molecular complexity index is 512. The number of hydrogen-bond donors (Lipinski definition) is 1. The third-order valence-corrected chi connectivity index (χ3v) is 2.97. The molecule has 0 saturated carbocycles. The zero-order valence-corrected chi connectivity index (χ0v) is 11.4. The van der Waals surface area contributed by atoms with E-state index in [1.165, 1.54) is 0 Å². The number of aromatic amines is 1. The van der Waals surface area contributed by atoms with Crippen molar-refractivity contribution in [2.24, 2.45) is 5.92 Å². The number of H-pyrrole nitrogens is 1. The van der Waals surface area contributed by atoms with Crippen LogP contribution in [-0.4, -0.2) is 25.1 Å². The number of nitrogens with zero attached hydrogens (tertiary/aromatic N) is 4. The summed E-state index contributed by atoms with van der Waals surface area (Å²) in [6.45, 7) is 8.22. The van der Waals surface area contributed by atoms with Crippen LogP contribution in [0.3, 0.4) is 0 Å². The summed E-state index contributed by atoms with van der Waals surface area (Å²) in [5, 5.41) is 7.22. The lowest BCUT2D eigenvalue weighted by atomic mass is 10.1. The Morgan fingerprint density at radius 1 is 1.22 bits per heavy atom. The van der Waals surface area contributed by atoms with E-state index >= 15 is 0 Å². The van der Waals surface area contributed by atoms with Gasteiger partial charge in [0, 0.05) is 12.1 Å². The van der Waals surface area contributed by atoms with E-state index in [2.05, 4.69) is 39.0 Å². The Balaban J connectivity index is 2.23. The predicted molar refractivity (Wildman–Crippen MR) is 70.0 cm³/mol. The average molecular weight is 245 g/mol. The van der Waals surface area contributed by atoms with Gasteiger partial charge in [-0.15, -0.1) is 0 Å². The van der Waals surface area contributed by atoms with Crippen LogP contribution in [0.25, 0.3) is 11.5 Å². The van der Waals surface area contributed by atoms with Gasteiger partial charge in [-0.2, -0.15) is 5.10 Å². The molecule has 0 aliphatic carbocycles. The van der Waals surface area contributed by atoms with Gasteiger partial charge in [0.15, 0.2) is 5.82 Å². The van der Waals surface area contributed by atoms with E-state index in [-0.39, 0.29) is 0 Å². The van der Waals surface area contributed by atoms with E-state index < -0.39 is 0 Å². The van der Waals surface area contributed by atoms with E-state index in [4.69, 9.17) is 0 Å². The van der Waals surface area contributed by atoms with Gasteiger partial charge in [-0.05, 0) is 25.8 Å². The Morgan fingerprint density at radius 2 is 2.00 bits per heavy atom. The van der Waals surface area contributed by atoms with Crippen molar-refractivity contribution in [2.75, 3.05) is 0 Å². The average Bonchev–Trinajstić information content (AvgIpc) is 2.76. The van der Waals surface area contributed by atoms with Crippen molar-refractivity contribution in [3.63, 3.8) is 0 Å². The zero-order chi connectivity index (χ0) is 13.1. The zero-order valence-electron chi connectivity index (χ0n) is 11.4. The fourth-order valence-corrected chi connectivity index (χ4v) is 1.81. The molecule has 1 N–H and O–H groups in total. The minimum Gasteiger partial charge on any atom is -0.263 e. The van der Waals surface area contributed by atoms with E-state index in [0.717, 1.165) is 35.9 Å². The van der Waals surface area contributed by atoms with Crippen molar-refractivity contribution in [3.8, 4) is 11.5 Å². The number of hydrogen-bond acceptors (Lipinski definition) is 4. The second kappa shape index (κ2) is 5.25. The number of nitrogens with one attached hydrogen (secondary N) is 1. The van der Waals surface area contributed by atoms with Crippen molar-refractivity contribution in [1.29, 1.82) is 0 Å². The molecule has 5 nitrogen and oxygen atoms in total. The van der Waals surface area contributed by atoms with Gasteiger partial charge in [0.2, 0.25) is 0 Å².